The van der Waals surface area contributed by atoms with E-state index in [9.17, 15) is 0 Å². The minimum atomic E-state index is 0.389. The summed E-state index contributed by atoms with van der Waals surface area (Å²) in [5, 5.41) is 4.20. The fraction of sp³-hybridized carbons (Fsp3) is 0.333. The number of nitrogens with zero attached hydrogens (tertiary/aromatic N) is 2. The Morgan fingerprint density at radius 3 is 2.37 bits per heavy atom. The highest BCUT2D eigenvalue weighted by Gasteiger charge is 2.04. The summed E-state index contributed by atoms with van der Waals surface area (Å²) in [5.74, 6) is 0. The largest absolute Gasteiger partial charge is 0.310 e. The standard InChI is InChI=1S/C15H19N3S/c1-4-16-12(3)13-5-7-14(8-6-13)19-15-17-9-11(2)10-18-15/h5-10,12,16H,4H2,1-3H3. The molecule has 1 atom stereocenters. The summed E-state index contributed by atoms with van der Waals surface area (Å²) in [5.41, 5.74) is 2.38. The smallest absolute Gasteiger partial charge is 0.192 e. The van der Waals surface area contributed by atoms with E-state index in [0.717, 1.165) is 22.2 Å². The van der Waals surface area contributed by atoms with Crippen molar-refractivity contribution in [2.45, 2.75) is 36.9 Å². The molecule has 0 aliphatic heterocycles. The lowest BCUT2D eigenvalue weighted by molar-refractivity contribution is 0.598. The van der Waals surface area contributed by atoms with Crippen molar-refractivity contribution >= 4 is 11.8 Å². The fourth-order valence-electron chi connectivity index (χ4n) is 1.79. The van der Waals surface area contributed by atoms with Gasteiger partial charge in [-0.05, 0) is 55.4 Å². The van der Waals surface area contributed by atoms with Gasteiger partial charge in [0.25, 0.3) is 0 Å². The first-order valence-electron chi connectivity index (χ1n) is 6.49. The maximum Gasteiger partial charge on any atom is 0.192 e. The Morgan fingerprint density at radius 1 is 1.16 bits per heavy atom. The molecule has 2 aromatic rings. The van der Waals surface area contributed by atoms with E-state index in [0.29, 0.717) is 6.04 Å². The number of benzene rings is 1. The van der Waals surface area contributed by atoms with Crippen LogP contribution in [0.25, 0.3) is 0 Å². The summed E-state index contributed by atoms with van der Waals surface area (Å²) in [6.07, 6.45) is 3.69. The van der Waals surface area contributed by atoms with Gasteiger partial charge in [-0.3, -0.25) is 0 Å². The number of nitrogens with one attached hydrogen (secondary N) is 1. The number of hydrogen-bond acceptors (Lipinski definition) is 4. The molecule has 3 nitrogen and oxygen atoms in total. The number of aromatic nitrogens is 2. The molecule has 2 rings (SSSR count). The molecule has 0 saturated carbocycles. The van der Waals surface area contributed by atoms with Crippen molar-refractivity contribution in [2.75, 3.05) is 6.54 Å². The first kappa shape index (κ1) is 14.0. The third-order valence-corrected chi connectivity index (χ3v) is 3.76. The Bertz CT molecular complexity index is 508. The van der Waals surface area contributed by atoms with Gasteiger partial charge in [0.2, 0.25) is 0 Å². The van der Waals surface area contributed by atoms with Crippen molar-refractivity contribution in [3.8, 4) is 0 Å². The van der Waals surface area contributed by atoms with Gasteiger partial charge in [-0.15, -0.1) is 0 Å². The molecule has 0 aliphatic rings. The monoisotopic (exact) mass is 273 g/mol. The van der Waals surface area contributed by atoms with Gasteiger partial charge in [-0.25, -0.2) is 9.97 Å². The molecular formula is C15H19N3S. The Kier molecular flexibility index (Phi) is 4.93. The Morgan fingerprint density at radius 2 is 1.79 bits per heavy atom. The summed E-state index contributed by atoms with van der Waals surface area (Å²) in [6.45, 7) is 7.27. The van der Waals surface area contributed by atoms with Crippen molar-refractivity contribution in [3.63, 3.8) is 0 Å². The molecule has 0 bridgehead atoms. The molecule has 19 heavy (non-hydrogen) atoms. The zero-order valence-corrected chi connectivity index (χ0v) is 12.4. The summed E-state index contributed by atoms with van der Waals surface area (Å²) in [4.78, 5) is 9.76. The quantitative estimate of drug-likeness (QED) is 0.845. The molecule has 1 N–H and O–H groups in total. The van der Waals surface area contributed by atoms with E-state index in [1.54, 1.807) is 11.8 Å². The lowest BCUT2D eigenvalue weighted by Crippen LogP contribution is -2.17. The van der Waals surface area contributed by atoms with Gasteiger partial charge >= 0.3 is 0 Å². The number of aryl methyl sites for hydroxylation is 1. The van der Waals surface area contributed by atoms with Crippen LogP contribution in [0.2, 0.25) is 0 Å². The molecule has 0 fully saturated rings. The van der Waals surface area contributed by atoms with Crippen LogP contribution in [0, 0.1) is 6.92 Å². The molecule has 0 spiro atoms. The average Bonchev–Trinajstić information content (AvgIpc) is 2.42. The molecule has 0 radical (unpaired) electrons. The van der Waals surface area contributed by atoms with E-state index >= 15 is 0 Å². The van der Waals surface area contributed by atoms with Crippen molar-refractivity contribution in [1.82, 2.24) is 15.3 Å². The minimum Gasteiger partial charge on any atom is -0.310 e. The summed E-state index contributed by atoms with van der Waals surface area (Å²) in [6, 6.07) is 8.95. The molecule has 100 valence electrons. The zero-order chi connectivity index (χ0) is 13.7. The minimum absolute atomic E-state index is 0.389. The SMILES string of the molecule is CCNC(C)c1ccc(Sc2ncc(C)cn2)cc1. The van der Waals surface area contributed by atoms with Crippen LogP contribution >= 0.6 is 11.8 Å². The summed E-state index contributed by atoms with van der Waals surface area (Å²) < 4.78 is 0. The highest BCUT2D eigenvalue weighted by atomic mass is 32.2. The van der Waals surface area contributed by atoms with Gasteiger partial charge in [0.1, 0.15) is 0 Å². The second kappa shape index (κ2) is 6.68. The van der Waals surface area contributed by atoms with Crippen LogP contribution in [0.5, 0.6) is 0 Å². The topological polar surface area (TPSA) is 37.8 Å². The molecular weight excluding hydrogens is 254 g/mol. The van der Waals surface area contributed by atoms with Crippen molar-refractivity contribution < 1.29 is 0 Å². The van der Waals surface area contributed by atoms with Crippen LogP contribution in [-0.4, -0.2) is 16.5 Å². The van der Waals surface area contributed by atoms with Crippen LogP contribution in [0.4, 0.5) is 0 Å². The first-order chi connectivity index (χ1) is 9.19. The molecule has 1 heterocycles. The van der Waals surface area contributed by atoms with Crippen LogP contribution in [0.15, 0.2) is 46.7 Å². The fourth-order valence-corrected chi connectivity index (χ4v) is 2.48. The Hall–Kier alpha value is -1.39. The molecule has 1 unspecified atom stereocenters. The van der Waals surface area contributed by atoms with Crippen LogP contribution < -0.4 is 5.32 Å². The van der Waals surface area contributed by atoms with Crippen LogP contribution in [0.3, 0.4) is 0 Å². The summed E-state index contributed by atoms with van der Waals surface area (Å²) >= 11 is 1.59. The second-order valence-corrected chi connectivity index (χ2v) is 5.53. The van der Waals surface area contributed by atoms with E-state index in [2.05, 4.69) is 53.4 Å². The van der Waals surface area contributed by atoms with Crippen molar-refractivity contribution in [3.05, 3.63) is 47.8 Å². The number of hydrogen-bond donors (Lipinski definition) is 1. The highest BCUT2D eigenvalue weighted by Crippen LogP contribution is 2.25. The molecule has 1 aromatic carbocycles. The molecule has 1 aromatic heterocycles. The molecule has 0 aliphatic carbocycles. The van der Waals surface area contributed by atoms with E-state index < -0.39 is 0 Å². The second-order valence-electron chi connectivity index (χ2n) is 4.49. The molecule has 0 amide bonds. The zero-order valence-electron chi connectivity index (χ0n) is 11.6. The maximum absolute atomic E-state index is 4.30. The van der Waals surface area contributed by atoms with Gasteiger partial charge in [-0.2, -0.15) is 0 Å². The maximum atomic E-state index is 4.30. The van der Waals surface area contributed by atoms with Crippen LogP contribution in [0.1, 0.15) is 31.0 Å². The normalized spacial score (nSPS) is 12.4. The molecule has 0 saturated heterocycles. The lowest BCUT2D eigenvalue weighted by Gasteiger charge is -2.12. The van der Waals surface area contributed by atoms with E-state index in [1.807, 2.05) is 19.3 Å². The van der Waals surface area contributed by atoms with Crippen molar-refractivity contribution in [1.29, 1.82) is 0 Å². The first-order valence-corrected chi connectivity index (χ1v) is 7.30. The Labute approximate surface area is 118 Å². The Balaban J connectivity index is 2.04. The molecule has 4 heteroatoms. The number of rotatable bonds is 5. The summed E-state index contributed by atoms with van der Waals surface area (Å²) in [7, 11) is 0. The van der Waals surface area contributed by atoms with E-state index in [-0.39, 0.29) is 0 Å². The predicted molar refractivity (Wildman–Crippen MR) is 79.4 cm³/mol. The lowest BCUT2D eigenvalue weighted by atomic mass is 10.1. The predicted octanol–water partition coefficient (Wildman–Crippen LogP) is 3.61. The van der Waals surface area contributed by atoms with Crippen LogP contribution in [-0.2, 0) is 0 Å². The van der Waals surface area contributed by atoms with Gasteiger partial charge in [0.15, 0.2) is 5.16 Å². The third kappa shape index (κ3) is 4.04. The van der Waals surface area contributed by atoms with E-state index in [4.69, 9.17) is 0 Å². The van der Waals surface area contributed by atoms with Gasteiger partial charge in [0, 0.05) is 23.3 Å². The highest BCUT2D eigenvalue weighted by molar-refractivity contribution is 7.99. The van der Waals surface area contributed by atoms with Gasteiger partial charge < -0.3 is 5.32 Å². The van der Waals surface area contributed by atoms with E-state index in [1.165, 1.54) is 5.56 Å². The average molecular weight is 273 g/mol. The van der Waals surface area contributed by atoms with Gasteiger partial charge in [0.05, 0.1) is 0 Å². The van der Waals surface area contributed by atoms with Crippen molar-refractivity contribution in [2.24, 2.45) is 0 Å². The third-order valence-electron chi connectivity index (χ3n) is 2.86. The van der Waals surface area contributed by atoms with Gasteiger partial charge in [-0.1, -0.05) is 19.1 Å².